The van der Waals surface area contributed by atoms with Crippen LogP contribution in [-0.2, 0) is 13.6 Å². The van der Waals surface area contributed by atoms with E-state index in [9.17, 15) is 14.5 Å². The minimum absolute atomic E-state index is 0.0337. The maximum atomic E-state index is 13.3. The SMILES string of the molecule is COP(=O)(OC)c1c(C)nn(-c2ccccn2)c1C(=O)c1ccccc1O. The summed E-state index contributed by atoms with van der Waals surface area (Å²) in [5.41, 5.74) is 0.292. The Morgan fingerprint density at radius 3 is 2.37 bits per heavy atom. The third-order valence-electron chi connectivity index (χ3n) is 4.01. The maximum absolute atomic E-state index is 13.3. The van der Waals surface area contributed by atoms with E-state index in [1.54, 1.807) is 43.5 Å². The summed E-state index contributed by atoms with van der Waals surface area (Å²) in [5, 5.41) is 14.5. The van der Waals surface area contributed by atoms with Gasteiger partial charge in [0.1, 0.15) is 16.7 Å². The Balaban J connectivity index is 2.34. The Labute approximate surface area is 155 Å². The van der Waals surface area contributed by atoms with Crippen LogP contribution in [0.3, 0.4) is 0 Å². The molecule has 0 saturated carbocycles. The summed E-state index contributed by atoms with van der Waals surface area (Å²) < 4.78 is 24.6. The van der Waals surface area contributed by atoms with Crippen LogP contribution in [0.15, 0.2) is 48.7 Å². The van der Waals surface area contributed by atoms with Crippen molar-refractivity contribution in [2.24, 2.45) is 0 Å². The average Bonchev–Trinajstić information content (AvgIpc) is 3.05. The number of aryl methyl sites for hydroxylation is 1. The third-order valence-corrected chi connectivity index (χ3v) is 6.06. The molecule has 9 heteroatoms. The van der Waals surface area contributed by atoms with Gasteiger partial charge in [-0.25, -0.2) is 9.67 Å². The van der Waals surface area contributed by atoms with Crippen molar-refractivity contribution < 1.29 is 23.5 Å². The van der Waals surface area contributed by atoms with E-state index in [4.69, 9.17) is 9.05 Å². The molecule has 0 aliphatic heterocycles. The fourth-order valence-electron chi connectivity index (χ4n) is 2.75. The third kappa shape index (κ3) is 3.30. The van der Waals surface area contributed by atoms with Crippen molar-refractivity contribution >= 4 is 18.7 Å². The van der Waals surface area contributed by atoms with E-state index in [0.29, 0.717) is 11.5 Å². The van der Waals surface area contributed by atoms with Crippen molar-refractivity contribution in [1.82, 2.24) is 14.8 Å². The molecule has 3 rings (SSSR count). The minimum Gasteiger partial charge on any atom is -0.507 e. The smallest absolute Gasteiger partial charge is 0.365 e. The topological polar surface area (TPSA) is 104 Å². The quantitative estimate of drug-likeness (QED) is 0.512. The monoisotopic (exact) mass is 387 g/mol. The Morgan fingerprint density at radius 2 is 1.78 bits per heavy atom. The first-order chi connectivity index (χ1) is 12.9. The number of hydrogen-bond acceptors (Lipinski definition) is 7. The second-order valence-electron chi connectivity index (χ2n) is 5.59. The molecule has 140 valence electrons. The van der Waals surface area contributed by atoms with Gasteiger partial charge in [0.2, 0.25) is 5.78 Å². The number of aromatic hydroxyl groups is 1. The van der Waals surface area contributed by atoms with E-state index in [2.05, 4.69) is 10.1 Å². The number of carbonyl (C=O) groups excluding carboxylic acids is 1. The zero-order valence-electron chi connectivity index (χ0n) is 15.0. The molecule has 0 fully saturated rings. The summed E-state index contributed by atoms with van der Waals surface area (Å²) in [6.45, 7) is 1.60. The second-order valence-corrected chi connectivity index (χ2v) is 7.76. The van der Waals surface area contributed by atoms with Crippen LogP contribution in [0.5, 0.6) is 5.75 Å². The minimum atomic E-state index is -3.81. The second kappa shape index (κ2) is 7.44. The van der Waals surface area contributed by atoms with Crippen molar-refractivity contribution in [1.29, 1.82) is 0 Å². The maximum Gasteiger partial charge on any atom is 0.365 e. The van der Waals surface area contributed by atoms with Crippen molar-refractivity contribution in [2.45, 2.75) is 6.92 Å². The van der Waals surface area contributed by atoms with E-state index >= 15 is 0 Å². The van der Waals surface area contributed by atoms with Gasteiger partial charge in [0, 0.05) is 20.4 Å². The van der Waals surface area contributed by atoms with Crippen molar-refractivity contribution in [2.75, 3.05) is 14.2 Å². The van der Waals surface area contributed by atoms with Gasteiger partial charge in [-0.15, -0.1) is 0 Å². The fourth-order valence-corrected chi connectivity index (χ4v) is 4.16. The van der Waals surface area contributed by atoms with Gasteiger partial charge in [-0.05, 0) is 31.2 Å². The molecule has 0 radical (unpaired) electrons. The lowest BCUT2D eigenvalue weighted by molar-refractivity contribution is 0.102. The number of pyridine rings is 1. The number of benzene rings is 1. The van der Waals surface area contributed by atoms with Crippen LogP contribution >= 0.6 is 7.60 Å². The number of para-hydroxylation sites is 1. The van der Waals surface area contributed by atoms with Crippen LogP contribution in [-0.4, -0.2) is 39.9 Å². The number of rotatable bonds is 6. The molecule has 0 aliphatic carbocycles. The fraction of sp³-hybridized carbons (Fsp3) is 0.167. The van der Waals surface area contributed by atoms with Crippen LogP contribution in [0.4, 0.5) is 0 Å². The normalized spacial score (nSPS) is 11.5. The Morgan fingerprint density at radius 1 is 1.11 bits per heavy atom. The predicted octanol–water partition coefficient (Wildman–Crippen LogP) is 2.62. The van der Waals surface area contributed by atoms with Gasteiger partial charge in [0.05, 0.1) is 11.3 Å². The van der Waals surface area contributed by atoms with Crippen LogP contribution in [0.2, 0.25) is 0 Å². The van der Waals surface area contributed by atoms with Crippen LogP contribution in [0.1, 0.15) is 21.7 Å². The molecule has 0 saturated heterocycles. The summed E-state index contributed by atoms with van der Waals surface area (Å²) in [5.74, 6) is -0.433. The molecule has 2 aromatic heterocycles. The molecule has 0 amide bonds. The molecule has 8 nitrogen and oxygen atoms in total. The Hall–Kier alpha value is -2.80. The van der Waals surface area contributed by atoms with Gasteiger partial charge < -0.3 is 14.2 Å². The first kappa shape index (κ1) is 19.0. The number of ketones is 1. The van der Waals surface area contributed by atoms with Gasteiger partial charge in [-0.2, -0.15) is 5.10 Å². The van der Waals surface area contributed by atoms with E-state index < -0.39 is 13.4 Å². The number of nitrogens with zero attached hydrogens (tertiary/aromatic N) is 3. The van der Waals surface area contributed by atoms with Crippen LogP contribution < -0.4 is 5.30 Å². The van der Waals surface area contributed by atoms with Gasteiger partial charge in [-0.3, -0.25) is 9.36 Å². The standard InChI is InChI=1S/C18H18N3O5P/c1-12-18(27(24,25-2)26-3)16(17(23)13-8-4-5-9-14(13)22)21(20-12)15-10-6-7-11-19-15/h4-11,22H,1-3H3. The molecule has 0 aliphatic rings. The first-order valence-electron chi connectivity index (χ1n) is 7.98. The molecule has 1 N–H and O–H groups in total. The van der Waals surface area contributed by atoms with Crippen molar-refractivity contribution in [3.05, 3.63) is 65.6 Å². The van der Waals surface area contributed by atoms with Crippen molar-refractivity contribution in [3.8, 4) is 11.6 Å². The van der Waals surface area contributed by atoms with Crippen molar-refractivity contribution in [3.63, 3.8) is 0 Å². The molecule has 0 bridgehead atoms. The van der Waals surface area contributed by atoms with Crippen LogP contribution in [0, 0.1) is 6.92 Å². The molecular formula is C18H18N3O5P. The predicted molar refractivity (Wildman–Crippen MR) is 98.9 cm³/mol. The zero-order valence-corrected chi connectivity index (χ0v) is 15.9. The highest BCUT2D eigenvalue weighted by atomic mass is 31.2. The first-order valence-corrected chi connectivity index (χ1v) is 9.53. The lowest BCUT2D eigenvalue weighted by Crippen LogP contribution is -2.21. The number of phenolic OH excluding ortho intramolecular Hbond substituents is 1. The van der Waals surface area contributed by atoms with Gasteiger partial charge >= 0.3 is 7.60 Å². The van der Waals surface area contributed by atoms with Crippen LogP contribution in [0.25, 0.3) is 5.82 Å². The Bertz CT molecular complexity index is 1020. The summed E-state index contributed by atoms with van der Waals surface area (Å²) in [4.78, 5) is 17.5. The van der Waals surface area contributed by atoms with Gasteiger partial charge in [0.15, 0.2) is 5.82 Å². The molecule has 0 unspecified atom stereocenters. The number of hydrogen-bond donors (Lipinski definition) is 1. The van der Waals surface area contributed by atoms with Gasteiger partial charge in [0.25, 0.3) is 0 Å². The molecule has 1 aromatic carbocycles. The highest BCUT2D eigenvalue weighted by molar-refractivity contribution is 7.62. The largest absolute Gasteiger partial charge is 0.507 e. The van der Waals surface area contributed by atoms with E-state index in [1.165, 1.54) is 31.0 Å². The highest BCUT2D eigenvalue weighted by Crippen LogP contribution is 2.47. The molecule has 2 heterocycles. The summed E-state index contributed by atoms with van der Waals surface area (Å²) in [6.07, 6.45) is 1.55. The number of aromatic nitrogens is 3. The molecule has 0 atom stereocenters. The van der Waals surface area contributed by atoms with Gasteiger partial charge in [-0.1, -0.05) is 18.2 Å². The van der Waals surface area contributed by atoms with E-state index in [-0.39, 0.29) is 22.3 Å². The number of carbonyl (C=O) groups is 1. The summed E-state index contributed by atoms with van der Waals surface area (Å²) in [6, 6.07) is 11.2. The summed E-state index contributed by atoms with van der Waals surface area (Å²) >= 11 is 0. The molecular weight excluding hydrogens is 369 g/mol. The number of phenols is 1. The van der Waals surface area contributed by atoms with E-state index in [1.807, 2.05) is 0 Å². The summed E-state index contributed by atoms with van der Waals surface area (Å²) in [7, 11) is -1.35. The molecule has 27 heavy (non-hydrogen) atoms. The zero-order chi connectivity index (χ0) is 19.6. The lowest BCUT2D eigenvalue weighted by Gasteiger charge is -2.15. The molecule has 0 spiro atoms. The highest BCUT2D eigenvalue weighted by Gasteiger charge is 2.38. The lowest BCUT2D eigenvalue weighted by atomic mass is 10.1. The molecule has 3 aromatic rings. The Kier molecular flexibility index (Phi) is 5.23. The van der Waals surface area contributed by atoms with E-state index in [0.717, 1.165) is 0 Å². The average molecular weight is 387 g/mol.